The first-order valence-corrected chi connectivity index (χ1v) is 4.42. The number of nitro benzene ring substituents is 1. The Balaban J connectivity index is 3.29. The molecule has 0 saturated carbocycles. The fourth-order valence-electron chi connectivity index (χ4n) is 1.23. The summed E-state index contributed by atoms with van der Waals surface area (Å²) in [5.74, 6) is -6.92. The molecule has 0 bridgehead atoms. The zero-order valence-corrected chi connectivity index (χ0v) is 8.29. The molecule has 1 aromatic rings. The van der Waals surface area contributed by atoms with Crippen LogP contribution in [-0.2, 0) is 5.92 Å². The van der Waals surface area contributed by atoms with Crippen LogP contribution in [0.25, 0.3) is 0 Å². The van der Waals surface area contributed by atoms with Gasteiger partial charge < -0.3 is 5.11 Å². The maximum atomic E-state index is 13.2. The third kappa shape index (κ3) is 2.70. The monoisotopic (exact) mass is 253 g/mol. The first-order valence-electron chi connectivity index (χ1n) is 4.42. The number of rotatable bonds is 4. The summed E-state index contributed by atoms with van der Waals surface area (Å²) in [4.78, 5) is 9.02. The number of hydrogen-bond acceptors (Lipinski definition) is 3. The van der Waals surface area contributed by atoms with Gasteiger partial charge in [0.05, 0.1) is 16.6 Å². The summed E-state index contributed by atoms with van der Waals surface area (Å²) in [5, 5.41) is 18.6. The SMILES string of the molecule is O=[N+]([O-])c1cc(F)c(C(F)(F)CCO)cc1F. The predicted molar refractivity (Wildman–Crippen MR) is 48.6 cm³/mol. The summed E-state index contributed by atoms with van der Waals surface area (Å²) in [6.07, 6.45) is -1.10. The molecule has 1 aromatic carbocycles. The van der Waals surface area contributed by atoms with Crippen LogP contribution in [0.15, 0.2) is 12.1 Å². The van der Waals surface area contributed by atoms with Crippen molar-refractivity contribution >= 4 is 5.69 Å². The quantitative estimate of drug-likeness (QED) is 0.509. The standard InChI is InChI=1S/C9H7F4NO3/c10-6-4-8(14(16)17)7(11)3-5(6)9(12,13)1-2-15/h3-4,15H,1-2H2. The third-order valence-electron chi connectivity index (χ3n) is 2.05. The van der Waals surface area contributed by atoms with E-state index in [0.29, 0.717) is 0 Å². The van der Waals surface area contributed by atoms with Crippen molar-refractivity contribution in [1.82, 2.24) is 0 Å². The summed E-state index contributed by atoms with van der Waals surface area (Å²) >= 11 is 0. The number of nitrogens with zero attached hydrogens (tertiary/aromatic N) is 1. The topological polar surface area (TPSA) is 63.4 Å². The van der Waals surface area contributed by atoms with Gasteiger partial charge in [-0.25, -0.2) is 13.2 Å². The predicted octanol–water partition coefficient (Wildman–Crippen LogP) is 2.35. The van der Waals surface area contributed by atoms with Crippen molar-refractivity contribution in [2.24, 2.45) is 0 Å². The van der Waals surface area contributed by atoms with Crippen molar-refractivity contribution in [3.63, 3.8) is 0 Å². The Morgan fingerprint density at radius 1 is 1.29 bits per heavy atom. The van der Waals surface area contributed by atoms with E-state index in [4.69, 9.17) is 5.11 Å². The number of hydrogen-bond donors (Lipinski definition) is 1. The van der Waals surface area contributed by atoms with Gasteiger partial charge in [-0.15, -0.1) is 0 Å². The van der Waals surface area contributed by atoms with Crippen LogP contribution in [-0.4, -0.2) is 16.6 Å². The van der Waals surface area contributed by atoms with E-state index >= 15 is 0 Å². The number of benzene rings is 1. The highest BCUT2D eigenvalue weighted by Crippen LogP contribution is 2.35. The van der Waals surface area contributed by atoms with Crippen LogP contribution in [0.3, 0.4) is 0 Å². The molecule has 0 aliphatic carbocycles. The van der Waals surface area contributed by atoms with Crippen LogP contribution < -0.4 is 0 Å². The second kappa shape index (κ2) is 4.66. The van der Waals surface area contributed by atoms with Crippen LogP contribution in [0.5, 0.6) is 0 Å². The van der Waals surface area contributed by atoms with E-state index in [1.165, 1.54) is 0 Å². The molecule has 0 amide bonds. The molecule has 0 aromatic heterocycles. The van der Waals surface area contributed by atoms with E-state index in [1.54, 1.807) is 0 Å². The molecular formula is C9H7F4NO3. The van der Waals surface area contributed by atoms with Gasteiger partial charge in [0.1, 0.15) is 5.82 Å². The molecule has 4 nitrogen and oxygen atoms in total. The molecule has 1 rings (SSSR count). The Morgan fingerprint density at radius 2 is 1.88 bits per heavy atom. The lowest BCUT2D eigenvalue weighted by Gasteiger charge is -2.16. The molecule has 0 spiro atoms. The van der Waals surface area contributed by atoms with Gasteiger partial charge in [-0.2, -0.15) is 4.39 Å². The second-order valence-corrected chi connectivity index (χ2v) is 3.22. The van der Waals surface area contributed by atoms with Gasteiger partial charge in [0.25, 0.3) is 5.92 Å². The molecule has 0 heterocycles. The minimum atomic E-state index is -3.78. The van der Waals surface area contributed by atoms with Crippen molar-refractivity contribution in [2.45, 2.75) is 12.3 Å². The summed E-state index contributed by atoms with van der Waals surface area (Å²) in [6, 6.07) is 0.166. The number of aliphatic hydroxyl groups excluding tert-OH is 1. The molecule has 17 heavy (non-hydrogen) atoms. The van der Waals surface area contributed by atoms with Crippen LogP contribution in [0.1, 0.15) is 12.0 Å². The Bertz CT molecular complexity index is 450. The molecule has 0 fully saturated rings. The van der Waals surface area contributed by atoms with E-state index in [2.05, 4.69) is 0 Å². The Labute approximate surface area is 92.6 Å². The highest BCUT2D eigenvalue weighted by Gasteiger charge is 2.36. The summed E-state index contributed by atoms with van der Waals surface area (Å²) < 4.78 is 52.6. The first kappa shape index (κ1) is 13.4. The van der Waals surface area contributed by atoms with Gasteiger partial charge in [-0.1, -0.05) is 0 Å². The number of halogens is 4. The van der Waals surface area contributed by atoms with Gasteiger partial charge >= 0.3 is 5.69 Å². The molecular weight excluding hydrogens is 246 g/mol. The smallest absolute Gasteiger partial charge is 0.307 e. The lowest BCUT2D eigenvalue weighted by molar-refractivity contribution is -0.387. The fourth-order valence-corrected chi connectivity index (χ4v) is 1.23. The molecule has 0 atom stereocenters. The molecule has 0 unspecified atom stereocenters. The summed E-state index contributed by atoms with van der Waals surface area (Å²) in [7, 11) is 0. The average Bonchev–Trinajstić information content (AvgIpc) is 2.20. The zero-order valence-electron chi connectivity index (χ0n) is 8.29. The zero-order chi connectivity index (χ0) is 13.2. The highest BCUT2D eigenvalue weighted by molar-refractivity contribution is 5.38. The van der Waals surface area contributed by atoms with Crippen LogP contribution in [0.2, 0.25) is 0 Å². The van der Waals surface area contributed by atoms with E-state index in [-0.39, 0.29) is 12.1 Å². The van der Waals surface area contributed by atoms with Gasteiger partial charge in [-0.05, 0) is 6.07 Å². The minimum Gasteiger partial charge on any atom is -0.396 e. The highest BCUT2D eigenvalue weighted by atomic mass is 19.3. The number of aliphatic hydroxyl groups is 1. The normalized spacial score (nSPS) is 11.6. The van der Waals surface area contributed by atoms with Gasteiger partial charge in [0, 0.05) is 13.0 Å². The lowest BCUT2D eigenvalue weighted by Crippen LogP contribution is -2.18. The maximum absolute atomic E-state index is 13.2. The number of nitro groups is 1. The molecule has 1 N–H and O–H groups in total. The van der Waals surface area contributed by atoms with Crippen LogP contribution in [0, 0.1) is 21.7 Å². The van der Waals surface area contributed by atoms with Crippen molar-refractivity contribution in [3.05, 3.63) is 39.4 Å². The third-order valence-corrected chi connectivity index (χ3v) is 2.05. The summed E-state index contributed by atoms with van der Waals surface area (Å²) in [6.45, 7) is -0.926. The molecule has 0 saturated heterocycles. The minimum absolute atomic E-state index is 0.0725. The molecule has 0 aliphatic rings. The van der Waals surface area contributed by atoms with Crippen molar-refractivity contribution in [1.29, 1.82) is 0 Å². The van der Waals surface area contributed by atoms with Crippen molar-refractivity contribution in [2.75, 3.05) is 6.61 Å². The Hall–Kier alpha value is -1.70. The Morgan fingerprint density at radius 3 is 2.35 bits per heavy atom. The summed E-state index contributed by atoms with van der Waals surface area (Å²) in [5.41, 5.74) is -2.53. The van der Waals surface area contributed by atoms with Crippen molar-refractivity contribution < 1.29 is 27.6 Å². The maximum Gasteiger partial charge on any atom is 0.307 e. The molecule has 94 valence electrons. The largest absolute Gasteiger partial charge is 0.396 e. The van der Waals surface area contributed by atoms with E-state index < -0.39 is 46.8 Å². The van der Waals surface area contributed by atoms with E-state index in [0.717, 1.165) is 0 Å². The van der Waals surface area contributed by atoms with Gasteiger partial charge in [0.15, 0.2) is 0 Å². The first-order chi connectivity index (χ1) is 7.79. The second-order valence-electron chi connectivity index (χ2n) is 3.22. The van der Waals surface area contributed by atoms with Crippen molar-refractivity contribution in [3.8, 4) is 0 Å². The Kier molecular flexibility index (Phi) is 3.66. The van der Waals surface area contributed by atoms with Gasteiger partial charge in [0.2, 0.25) is 5.82 Å². The number of alkyl halides is 2. The van der Waals surface area contributed by atoms with E-state index in [1.807, 2.05) is 0 Å². The molecule has 0 radical (unpaired) electrons. The van der Waals surface area contributed by atoms with E-state index in [9.17, 15) is 27.7 Å². The fraction of sp³-hybridized carbons (Fsp3) is 0.333. The average molecular weight is 253 g/mol. The lowest BCUT2D eigenvalue weighted by atomic mass is 10.0. The van der Waals surface area contributed by atoms with Gasteiger partial charge in [-0.3, -0.25) is 10.1 Å². The molecule has 8 heteroatoms. The van der Waals surface area contributed by atoms with Crippen LogP contribution >= 0.6 is 0 Å². The van der Waals surface area contributed by atoms with Crippen LogP contribution in [0.4, 0.5) is 23.2 Å². The molecule has 0 aliphatic heterocycles.